The largest absolute Gasteiger partial charge is 0.325 e. The predicted molar refractivity (Wildman–Crippen MR) is 104 cm³/mol. The summed E-state index contributed by atoms with van der Waals surface area (Å²) in [5.41, 5.74) is 3.25. The monoisotopic (exact) mass is 427 g/mol. The van der Waals surface area contributed by atoms with E-state index in [9.17, 15) is 13.2 Å². The number of carbonyl (C=O) groups is 1. The standard InChI is InChI=1S/C16H14ClN3O3S3/c17-14-5-6-15(25-14)26(22,23)20-7-1-2-12(20)16(21)19-10-3-4-11-13(8-10)24-9-18-11/h3-6,8-9,12H,1-2,7H2,(H,19,21). The Balaban J connectivity index is 1.56. The van der Waals surface area contributed by atoms with E-state index in [-0.39, 0.29) is 10.1 Å². The van der Waals surface area contributed by atoms with Gasteiger partial charge in [-0.2, -0.15) is 4.31 Å². The van der Waals surface area contributed by atoms with Crippen LogP contribution in [0, 0.1) is 0 Å². The van der Waals surface area contributed by atoms with E-state index < -0.39 is 16.1 Å². The van der Waals surface area contributed by atoms with Gasteiger partial charge in [-0.05, 0) is 43.2 Å². The van der Waals surface area contributed by atoms with Crippen LogP contribution in [0.15, 0.2) is 40.1 Å². The number of amides is 1. The Bertz CT molecular complexity index is 1080. The Labute approximate surface area is 163 Å². The average molecular weight is 428 g/mol. The maximum atomic E-state index is 12.8. The minimum atomic E-state index is -3.73. The number of hydrogen-bond donors (Lipinski definition) is 1. The molecule has 136 valence electrons. The van der Waals surface area contributed by atoms with Crippen molar-refractivity contribution in [3.8, 4) is 0 Å². The second-order valence-corrected chi connectivity index (χ2v) is 10.6. The van der Waals surface area contributed by atoms with Crippen LogP contribution in [0.3, 0.4) is 0 Å². The number of benzene rings is 1. The number of halogens is 1. The van der Waals surface area contributed by atoms with E-state index in [0.717, 1.165) is 21.6 Å². The van der Waals surface area contributed by atoms with Gasteiger partial charge < -0.3 is 5.32 Å². The SMILES string of the molecule is O=C(Nc1ccc2ncsc2c1)C1CCCN1S(=O)(=O)c1ccc(Cl)s1. The maximum absolute atomic E-state index is 12.8. The summed E-state index contributed by atoms with van der Waals surface area (Å²) >= 11 is 8.36. The van der Waals surface area contributed by atoms with Crippen LogP contribution in [0.2, 0.25) is 4.34 Å². The summed E-state index contributed by atoms with van der Waals surface area (Å²) in [6, 6.07) is 7.75. The minimum Gasteiger partial charge on any atom is -0.325 e. The average Bonchev–Trinajstić information content (AvgIpc) is 3.34. The number of carbonyl (C=O) groups excluding carboxylic acids is 1. The van der Waals surface area contributed by atoms with Crippen LogP contribution in [-0.4, -0.2) is 36.2 Å². The Morgan fingerprint density at radius 3 is 2.92 bits per heavy atom. The first-order chi connectivity index (χ1) is 12.4. The molecular weight excluding hydrogens is 414 g/mol. The third-order valence-electron chi connectivity index (χ3n) is 4.22. The Kier molecular flexibility index (Phi) is 4.74. The van der Waals surface area contributed by atoms with Crippen molar-refractivity contribution in [2.45, 2.75) is 23.1 Å². The third-order valence-corrected chi connectivity index (χ3v) is 8.62. The lowest BCUT2D eigenvalue weighted by atomic mass is 10.2. The second-order valence-electron chi connectivity index (χ2n) is 5.86. The summed E-state index contributed by atoms with van der Waals surface area (Å²) in [6.07, 6.45) is 1.14. The van der Waals surface area contributed by atoms with Crippen molar-refractivity contribution in [3.05, 3.63) is 40.2 Å². The molecule has 1 saturated heterocycles. The molecule has 1 aliphatic rings. The minimum absolute atomic E-state index is 0.160. The van der Waals surface area contributed by atoms with E-state index in [4.69, 9.17) is 11.6 Å². The van der Waals surface area contributed by atoms with Gasteiger partial charge in [0.15, 0.2) is 0 Å². The van der Waals surface area contributed by atoms with Crippen molar-refractivity contribution in [2.24, 2.45) is 0 Å². The number of nitrogens with one attached hydrogen (secondary N) is 1. The van der Waals surface area contributed by atoms with Crippen molar-refractivity contribution >= 4 is 66.1 Å². The van der Waals surface area contributed by atoms with Gasteiger partial charge in [-0.25, -0.2) is 13.4 Å². The molecule has 0 saturated carbocycles. The van der Waals surface area contributed by atoms with Crippen molar-refractivity contribution in [2.75, 3.05) is 11.9 Å². The topological polar surface area (TPSA) is 79.4 Å². The molecule has 1 atom stereocenters. The zero-order chi connectivity index (χ0) is 18.3. The van der Waals surface area contributed by atoms with Crippen molar-refractivity contribution < 1.29 is 13.2 Å². The number of rotatable bonds is 4. The zero-order valence-electron chi connectivity index (χ0n) is 13.4. The van der Waals surface area contributed by atoms with Crippen molar-refractivity contribution in [1.82, 2.24) is 9.29 Å². The maximum Gasteiger partial charge on any atom is 0.253 e. The fourth-order valence-corrected chi connectivity index (χ4v) is 6.99. The molecule has 0 aliphatic carbocycles. The Hall–Kier alpha value is -1.52. The number of nitrogens with zero attached hydrogens (tertiary/aromatic N) is 2. The van der Waals surface area contributed by atoms with Crippen molar-refractivity contribution in [1.29, 1.82) is 0 Å². The van der Waals surface area contributed by atoms with Gasteiger partial charge in [-0.3, -0.25) is 4.79 Å². The number of aromatic nitrogens is 1. The number of thiophene rings is 1. The highest BCUT2D eigenvalue weighted by atomic mass is 35.5. The summed E-state index contributed by atoms with van der Waals surface area (Å²) in [5.74, 6) is -0.322. The van der Waals surface area contributed by atoms with Crippen LogP contribution in [0.4, 0.5) is 5.69 Å². The van der Waals surface area contributed by atoms with E-state index in [1.807, 2.05) is 12.1 Å². The highest BCUT2D eigenvalue weighted by Crippen LogP contribution is 2.32. The van der Waals surface area contributed by atoms with E-state index in [1.54, 1.807) is 17.6 Å². The zero-order valence-corrected chi connectivity index (χ0v) is 16.6. The van der Waals surface area contributed by atoms with Gasteiger partial charge in [-0.15, -0.1) is 22.7 Å². The molecule has 1 aromatic carbocycles. The van der Waals surface area contributed by atoms with Crippen LogP contribution in [0.5, 0.6) is 0 Å². The van der Waals surface area contributed by atoms with Gasteiger partial charge in [0.05, 0.1) is 20.1 Å². The third kappa shape index (κ3) is 3.25. The van der Waals surface area contributed by atoms with Crippen LogP contribution in [0.25, 0.3) is 10.2 Å². The molecule has 2 aromatic heterocycles. The van der Waals surface area contributed by atoms with E-state index in [0.29, 0.717) is 29.4 Å². The fraction of sp³-hybridized carbons (Fsp3) is 0.250. The number of fused-ring (bicyclic) bond motifs is 1. The molecular formula is C16H14ClN3O3S3. The fourth-order valence-electron chi connectivity index (χ4n) is 3.00. The summed E-state index contributed by atoms with van der Waals surface area (Å²) in [5, 5.41) is 2.84. The highest BCUT2D eigenvalue weighted by molar-refractivity contribution is 7.91. The number of anilines is 1. The molecule has 6 nitrogen and oxygen atoms in total. The normalized spacial score (nSPS) is 18.4. The molecule has 0 radical (unpaired) electrons. The highest BCUT2D eigenvalue weighted by Gasteiger charge is 2.40. The molecule has 10 heteroatoms. The predicted octanol–water partition coefficient (Wildman–Crippen LogP) is 3.80. The van der Waals surface area contributed by atoms with Crippen LogP contribution in [0.1, 0.15) is 12.8 Å². The molecule has 3 aromatic rings. The van der Waals surface area contributed by atoms with Crippen molar-refractivity contribution in [3.63, 3.8) is 0 Å². The molecule has 0 bridgehead atoms. The van der Waals surface area contributed by atoms with E-state index >= 15 is 0 Å². The summed E-state index contributed by atoms with van der Waals surface area (Å²) in [7, 11) is -3.73. The van der Waals surface area contributed by atoms with Gasteiger partial charge in [0.25, 0.3) is 10.0 Å². The number of hydrogen-bond acceptors (Lipinski definition) is 6. The van der Waals surface area contributed by atoms with Gasteiger partial charge in [0, 0.05) is 12.2 Å². The molecule has 1 aliphatic heterocycles. The number of sulfonamides is 1. The lowest BCUT2D eigenvalue weighted by molar-refractivity contribution is -0.119. The molecule has 26 heavy (non-hydrogen) atoms. The lowest BCUT2D eigenvalue weighted by Crippen LogP contribution is -2.42. The van der Waals surface area contributed by atoms with Crippen LogP contribution >= 0.6 is 34.3 Å². The molecule has 1 amide bonds. The smallest absolute Gasteiger partial charge is 0.253 e. The molecule has 1 N–H and O–H groups in total. The first-order valence-electron chi connectivity index (χ1n) is 7.86. The van der Waals surface area contributed by atoms with Crippen LogP contribution in [-0.2, 0) is 14.8 Å². The lowest BCUT2D eigenvalue weighted by Gasteiger charge is -2.22. The van der Waals surface area contributed by atoms with Gasteiger partial charge >= 0.3 is 0 Å². The quantitative estimate of drug-likeness (QED) is 0.686. The van der Waals surface area contributed by atoms with E-state index in [2.05, 4.69) is 10.3 Å². The molecule has 1 unspecified atom stereocenters. The first kappa shape index (κ1) is 17.9. The van der Waals surface area contributed by atoms with Gasteiger partial charge in [-0.1, -0.05) is 11.6 Å². The first-order valence-corrected chi connectivity index (χ1v) is 11.4. The Morgan fingerprint density at radius 2 is 2.15 bits per heavy atom. The summed E-state index contributed by atoms with van der Waals surface area (Å²) in [6.45, 7) is 0.323. The molecule has 4 rings (SSSR count). The molecule has 0 spiro atoms. The molecule has 3 heterocycles. The Morgan fingerprint density at radius 1 is 1.31 bits per heavy atom. The van der Waals surface area contributed by atoms with Gasteiger partial charge in [0.1, 0.15) is 10.3 Å². The van der Waals surface area contributed by atoms with E-state index in [1.165, 1.54) is 21.7 Å². The summed E-state index contributed by atoms with van der Waals surface area (Å²) < 4.78 is 28.5. The van der Waals surface area contributed by atoms with Gasteiger partial charge in [0.2, 0.25) is 5.91 Å². The molecule has 1 fully saturated rings. The second kappa shape index (κ2) is 6.90. The number of thiazole rings is 1. The summed E-state index contributed by atoms with van der Waals surface area (Å²) in [4.78, 5) is 16.9. The van der Waals surface area contributed by atoms with Crippen LogP contribution < -0.4 is 5.32 Å².